The van der Waals surface area contributed by atoms with E-state index in [2.05, 4.69) is 17.0 Å². The standard InChI is InChI=1S/C16H23N3O3/c1-2-14-10-15(22-17-14)11-18-5-3-6-19(8-7-18)16(20)13-4-9-21-12-13/h4,9,12,15H,2-3,5-8,10-11H2,1H3/t15-/m0/s1. The number of carbonyl (C=O) groups excluding carboxylic acids is 1. The molecular weight excluding hydrogens is 282 g/mol. The molecule has 0 spiro atoms. The fourth-order valence-corrected chi connectivity index (χ4v) is 3.01. The second-order valence-electron chi connectivity index (χ2n) is 5.90. The third kappa shape index (κ3) is 3.50. The SMILES string of the molecule is CCC1=NO[C@H](CN2CCCN(C(=O)c3ccoc3)CC2)C1. The Morgan fingerprint density at radius 2 is 2.27 bits per heavy atom. The van der Waals surface area contributed by atoms with Gasteiger partial charge in [-0.25, -0.2) is 0 Å². The quantitative estimate of drug-likeness (QED) is 0.853. The van der Waals surface area contributed by atoms with Crippen molar-refractivity contribution in [3.05, 3.63) is 24.2 Å². The molecule has 0 N–H and O–H groups in total. The van der Waals surface area contributed by atoms with Gasteiger partial charge in [0.1, 0.15) is 12.4 Å². The number of carbonyl (C=O) groups is 1. The van der Waals surface area contributed by atoms with Gasteiger partial charge in [-0.05, 0) is 18.9 Å². The van der Waals surface area contributed by atoms with Gasteiger partial charge in [0, 0.05) is 39.1 Å². The van der Waals surface area contributed by atoms with Crippen LogP contribution in [0, 0.1) is 0 Å². The zero-order chi connectivity index (χ0) is 15.4. The minimum atomic E-state index is 0.0596. The van der Waals surface area contributed by atoms with Gasteiger partial charge in [-0.3, -0.25) is 9.69 Å². The van der Waals surface area contributed by atoms with E-state index in [1.807, 2.05) is 4.90 Å². The Bertz CT molecular complexity index is 527. The summed E-state index contributed by atoms with van der Waals surface area (Å²) in [5, 5.41) is 4.12. The van der Waals surface area contributed by atoms with E-state index >= 15 is 0 Å². The average Bonchev–Trinajstić information content (AvgIpc) is 3.16. The minimum Gasteiger partial charge on any atom is -0.472 e. The van der Waals surface area contributed by atoms with E-state index in [9.17, 15) is 4.79 Å². The topological polar surface area (TPSA) is 58.3 Å². The first kappa shape index (κ1) is 15.1. The number of nitrogens with zero attached hydrogens (tertiary/aromatic N) is 3. The summed E-state index contributed by atoms with van der Waals surface area (Å²) >= 11 is 0. The van der Waals surface area contributed by atoms with Crippen LogP contribution in [-0.2, 0) is 4.84 Å². The molecule has 1 saturated heterocycles. The molecule has 1 fully saturated rings. The molecule has 0 bridgehead atoms. The molecule has 3 rings (SSSR count). The average molecular weight is 305 g/mol. The van der Waals surface area contributed by atoms with Gasteiger partial charge < -0.3 is 14.2 Å². The van der Waals surface area contributed by atoms with Crippen LogP contribution < -0.4 is 0 Å². The smallest absolute Gasteiger partial charge is 0.257 e. The first-order valence-electron chi connectivity index (χ1n) is 8.01. The number of furan rings is 1. The fourth-order valence-electron chi connectivity index (χ4n) is 3.01. The van der Waals surface area contributed by atoms with E-state index in [0.29, 0.717) is 5.56 Å². The third-order valence-electron chi connectivity index (χ3n) is 4.31. The highest BCUT2D eigenvalue weighted by molar-refractivity contribution is 5.93. The lowest BCUT2D eigenvalue weighted by molar-refractivity contribution is 0.0530. The number of oxime groups is 1. The molecule has 1 aromatic rings. The monoisotopic (exact) mass is 305 g/mol. The van der Waals surface area contributed by atoms with E-state index in [-0.39, 0.29) is 12.0 Å². The van der Waals surface area contributed by atoms with Crippen molar-refractivity contribution in [2.45, 2.75) is 32.3 Å². The van der Waals surface area contributed by atoms with Crippen LogP contribution in [-0.4, -0.2) is 60.2 Å². The molecular formula is C16H23N3O3. The Kier molecular flexibility index (Phi) is 4.77. The maximum Gasteiger partial charge on any atom is 0.257 e. The van der Waals surface area contributed by atoms with Gasteiger partial charge in [0.25, 0.3) is 5.91 Å². The summed E-state index contributed by atoms with van der Waals surface area (Å²) in [6.45, 7) is 6.42. The number of hydrogen-bond donors (Lipinski definition) is 0. The molecule has 1 aromatic heterocycles. The molecule has 0 aliphatic carbocycles. The van der Waals surface area contributed by atoms with Gasteiger partial charge >= 0.3 is 0 Å². The molecule has 2 aliphatic rings. The van der Waals surface area contributed by atoms with Crippen molar-refractivity contribution in [3.63, 3.8) is 0 Å². The highest BCUT2D eigenvalue weighted by Gasteiger charge is 2.25. The highest BCUT2D eigenvalue weighted by atomic mass is 16.6. The Morgan fingerprint density at radius 3 is 3.00 bits per heavy atom. The molecule has 0 saturated carbocycles. The maximum atomic E-state index is 12.4. The summed E-state index contributed by atoms with van der Waals surface area (Å²) in [7, 11) is 0. The van der Waals surface area contributed by atoms with Crippen LogP contribution >= 0.6 is 0 Å². The van der Waals surface area contributed by atoms with Crippen molar-refractivity contribution in [3.8, 4) is 0 Å². The molecule has 1 amide bonds. The molecule has 0 aromatic carbocycles. The lowest BCUT2D eigenvalue weighted by atomic mass is 10.1. The minimum absolute atomic E-state index is 0.0596. The van der Waals surface area contributed by atoms with Gasteiger partial charge in [0.2, 0.25) is 0 Å². The van der Waals surface area contributed by atoms with E-state index in [4.69, 9.17) is 9.25 Å². The van der Waals surface area contributed by atoms with E-state index in [0.717, 1.165) is 57.7 Å². The molecule has 0 unspecified atom stereocenters. The highest BCUT2D eigenvalue weighted by Crippen LogP contribution is 2.16. The van der Waals surface area contributed by atoms with Gasteiger partial charge in [-0.1, -0.05) is 12.1 Å². The van der Waals surface area contributed by atoms with Crippen LogP contribution in [0.4, 0.5) is 0 Å². The van der Waals surface area contributed by atoms with Gasteiger partial charge in [0.15, 0.2) is 0 Å². The van der Waals surface area contributed by atoms with Crippen LogP contribution in [0.1, 0.15) is 36.5 Å². The second kappa shape index (κ2) is 6.96. The van der Waals surface area contributed by atoms with E-state index in [1.165, 1.54) is 6.26 Å². The van der Waals surface area contributed by atoms with Crippen molar-refractivity contribution in [1.82, 2.24) is 9.80 Å². The Morgan fingerprint density at radius 1 is 1.36 bits per heavy atom. The normalized spacial score (nSPS) is 23.0. The summed E-state index contributed by atoms with van der Waals surface area (Å²) in [5.41, 5.74) is 1.78. The van der Waals surface area contributed by atoms with Crippen LogP contribution in [0.3, 0.4) is 0 Å². The molecule has 0 radical (unpaired) electrons. The lowest BCUT2D eigenvalue weighted by Crippen LogP contribution is -2.37. The number of amides is 1. The first-order chi connectivity index (χ1) is 10.8. The zero-order valence-corrected chi connectivity index (χ0v) is 13.0. The number of hydrogen-bond acceptors (Lipinski definition) is 5. The van der Waals surface area contributed by atoms with Crippen molar-refractivity contribution in [2.24, 2.45) is 5.16 Å². The first-order valence-corrected chi connectivity index (χ1v) is 8.01. The molecule has 1 atom stereocenters. The number of rotatable bonds is 4. The maximum absolute atomic E-state index is 12.4. The Balaban J connectivity index is 1.49. The van der Waals surface area contributed by atoms with Gasteiger partial charge in [-0.2, -0.15) is 0 Å². The van der Waals surface area contributed by atoms with Crippen molar-refractivity contribution in [1.29, 1.82) is 0 Å². The summed E-state index contributed by atoms with van der Waals surface area (Å²) in [6.07, 6.45) is 6.11. The second-order valence-corrected chi connectivity index (χ2v) is 5.90. The van der Waals surface area contributed by atoms with Gasteiger partial charge in [0.05, 0.1) is 17.5 Å². The predicted molar refractivity (Wildman–Crippen MR) is 82.9 cm³/mol. The van der Waals surface area contributed by atoms with Gasteiger partial charge in [-0.15, -0.1) is 0 Å². The molecule has 2 aliphatic heterocycles. The van der Waals surface area contributed by atoms with Crippen molar-refractivity contribution in [2.75, 3.05) is 32.7 Å². The van der Waals surface area contributed by atoms with Crippen LogP contribution in [0.2, 0.25) is 0 Å². The lowest BCUT2D eigenvalue weighted by Gasteiger charge is -2.23. The van der Waals surface area contributed by atoms with Crippen molar-refractivity contribution < 1.29 is 14.0 Å². The third-order valence-corrected chi connectivity index (χ3v) is 4.31. The van der Waals surface area contributed by atoms with E-state index < -0.39 is 0 Å². The summed E-state index contributed by atoms with van der Waals surface area (Å²) < 4.78 is 5.00. The summed E-state index contributed by atoms with van der Waals surface area (Å²) in [4.78, 5) is 22.1. The van der Waals surface area contributed by atoms with Crippen LogP contribution in [0.25, 0.3) is 0 Å². The van der Waals surface area contributed by atoms with Crippen LogP contribution in [0.5, 0.6) is 0 Å². The molecule has 6 nitrogen and oxygen atoms in total. The predicted octanol–water partition coefficient (Wildman–Crippen LogP) is 1.98. The van der Waals surface area contributed by atoms with Crippen LogP contribution in [0.15, 0.2) is 28.2 Å². The molecule has 120 valence electrons. The summed E-state index contributed by atoms with van der Waals surface area (Å²) in [5.74, 6) is 0.0596. The molecule has 6 heteroatoms. The Labute approximate surface area is 130 Å². The largest absolute Gasteiger partial charge is 0.472 e. The summed E-state index contributed by atoms with van der Waals surface area (Å²) in [6, 6.07) is 1.72. The fraction of sp³-hybridized carbons (Fsp3) is 0.625. The van der Waals surface area contributed by atoms with E-state index in [1.54, 1.807) is 12.3 Å². The zero-order valence-electron chi connectivity index (χ0n) is 13.0. The molecule has 22 heavy (non-hydrogen) atoms. The molecule has 3 heterocycles. The Hall–Kier alpha value is -1.82. The van der Waals surface area contributed by atoms with Crippen molar-refractivity contribution >= 4 is 11.6 Å².